The molecule has 0 aliphatic carbocycles. The number of phosphoric ester groups is 1. The Morgan fingerprint density at radius 1 is 1.11 bits per heavy atom. The third-order valence-electron chi connectivity index (χ3n) is 7.53. The number of nitrogens with one attached hydrogen (secondary N) is 2. The van der Waals surface area contributed by atoms with Crippen molar-refractivity contribution in [1.29, 1.82) is 0 Å². The number of piperazine rings is 1. The number of fused-ring (bicyclic) bond motifs is 1. The molecule has 0 unspecified atom stereocenters. The van der Waals surface area contributed by atoms with E-state index >= 15 is 0 Å². The quantitative estimate of drug-likeness (QED) is 0.144. The average molecular weight is 695 g/mol. The third-order valence-corrected chi connectivity index (χ3v) is 8.47. The van der Waals surface area contributed by atoms with Crippen LogP contribution >= 0.6 is 19.4 Å². The van der Waals surface area contributed by atoms with Crippen molar-refractivity contribution in [3.05, 3.63) is 71.1 Å². The Balaban J connectivity index is 1.38. The fourth-order valence-electron chi connectivity index (χ4n) is 5.06. The van der Waals surface area contributed by atoms with Gasteiger partial charge >= 0.3 is 13.9 Å². The topological polar surface area (TPSA) is 174 Å². The third kappa shape index (κ3) is 11.2. The fourth-order valence-corrected chi connectivity index (χ4v) is 5.57. The van der Waals surface area contributed by atoms with Crippen molar-refractivity contribution in [2.24, 2.45) is 0 Å². The summed E-state index contributed by atoms with van der Waals surface area (Å²) < 4.78 is 34.9. The molecule has 254 valence electrons. The molecule has 2 aromatic carbocycles. The van der Waals surface area contributed by atoms with Crippen LogP contribution in [0, 0.1) is 5.82 Å². The summed E-state index contributed by atoms with van der Waals surface area (Å²) in [6, 6.07) is 12.7. The van der Waals surface area contributed by atoms with Crippen LogP contribution in [0.3, 0.4) is 0 Å². The van der Waals surface area contributed by atoms with Gasteiger partial charge < -0.3 is 19.4 Å². The van der Waals surface area contributed by atoms with Gasteiger partial charge in [0.25, 0.3) is 0 Å². The Hall–Kier alpha value is -3.69. The zero-order valence-electron chi connectivity index (χ0n) is 25.7. The normalized spacial score (nSPS) is 14.5. The lowest BCUT2D eigenvalue weighted by Gasteiger charge is -2.35. The van der Waals surface area contributed by atoms with E-state index in [2.05, 4.69) is 20.3 Å². The number of carbonyl (C=O) groups is 3. The van der Waals surface area contributed by atoms with Crippen LogP contribution in [0.4, 0.5) is 15.0 Å². The van der Waals surface area contributed by atoms with E-state index in [1.807, 2.05) is 29.2 Å². The first kappa shape index (κ1) is 36.2. The molecule has 1 fully saturated rings. The molecule has 4 N–H and O–H groups in total. The Bertz CT molecular complexity index is 1610. The number of nitrogens with zero attached hydrogens (tertiary/aromatic N) is 4. The molecular formula is C30H37ClFN6O8P. The molecule has 1 atom stereocenters. The Morgan fingerprint density at radius 3 is 2.53 bits per heavy atom. The highest BCUT2D eigenvalue weighted by Gasteiger charge is 2.27. The number of rotatable bonds is 14. The molecule has 0 saturated carbocycles. The van der Waals surface area contributed by atoms with E-state index in [9.17, 15) is 23.3 Å². The van der Waals surface area contributed by atoms with Gasteiger partial charge in [0.2, 0.25) is 11.8 Å². The van der Waals surface area contributed by atoms with Gasteiger partial charge in [0, 0.05) is 64.2 Å². The number of hydrogen-bond acceptors (Lipinski definition) is 9. The molecular weight excluding hydrogens is 658 g/mol. The van der Waals surface area contributed by atoms with E-state index in [1.165, 1.54) is 24.1 Å². The van der Waals surface area contributed by atoms with E-state index in [-0.39, 0.29) is 49.3 Å². The Morgan fingerprint density at radius 2 is 1.83 bits per heavy atom. The number of ether oxygens (including phenoxy) is 1. The van der Waals surface area contributed by atoms with Gasteiger partial charge in [-0.25, -0.2) is 24.2 Å². The second-order valence-electron chi connectivity index (χ2n) is 10.8. The lowest BCUT2D eigenvalue weighted by molar-refractivity contribution is -0.139. The van der Waals surface area contributed by atoms with Crippen LogP contribution in [0.15, 0.2) is 54.7 Å². The minimum Gasteiger partial charge on any atom is -0.447 e. The summed E-state index contributed by atoms with van der Waals surface area (Å²) in [6.07, 6.45) is 0.962. The minimum absolute atomic E-state index is 0.0124. The molecule has 3 amide bonds. The lowest BCUT2D eigenvalue weighted by atomic mass is 10.1. The summed E-state index contributed by atoms with van der Waals surface area (Å²) in [7, 11) is -4.55. The van der Waals surface area contributed by atoms with E-state index < -0.39 is 31.7 Å². The maximum atomic E-state index is 14.0. The number of halogens is 2. The van der Waals surface area contributed by atoms with Gasteiger partial charge in [-0.3, -0.25) is 29.3 Å². The molecule has 1 aromatic heterocycles. The van der Waals surface area contributed by atoms with Crippen molar-refractivity contribution in [3.63, 3.8) is 0 Å². The summed E-state index contributed by atoms with van der Waals surface area (Å²) in [5.41, 5.74) is 3.35. The van der Waals surface area contributed by atoms with Crippen molar-refractivity contribution >= 4 is 53.9 Å². The van der Waals surface area contributed by atoms with Crippen LogP contribution in [-0.4, -0.2) is 99.5 Å². The standard InChI is InChI=1S/C30H37ClFN6O8P/c1-21(39)38(34-19-24-7-4-8-26(32)29(24)31)25(20-45-30(41)35-27-17-22-5-2-3-6-23(22)18-33-27)9-10-28(40)37-13-11-36(12-14-37)15-16-46-47(42,43)44/h2-8,17-18,25,34H,9-16,19-20H2,1H3,(H,33,35,41)(H2,42,43,44)/t25-/m0/s1. The van der Waals surface area contributed by atoms with E-state index in [0.29, 0.717) is 38.3 Å². The van der Waals surface area contributed by atoms with Crippen molar-refractivity contribution < 1.29 is 42.4 Å². The van der Waals surface area contributed by atoms with Crippen molar-refractivity contribution in [3.8, 4) is 0 Å². The Kier molecular flexibility index (Phi) is 13.0. The van der Waals surface area contributed by atoms with E-state index in [1.54, 1.807) is 23.2 Å². The highest BCUT2D eigenvalue weighted by Crippen LogP contribution is 2.35. The minimum atomic E-state index is -4.55. The van der Waals surface area contributed by atoms with Gasteiger partial charge in [0.1, 0.15) is 18.2 Å². The first-order chi connectivity index (χ1) is 22.4. The molecule has 2 heterocycles. The summed E-state index contributed by atoms with van der Waals surface area (Å²) in [6.45, 7) is 2.95. The number of hydrogen-bond donors (Lipinski definition) is 4. The predicted octanol–water partition coefficient (Wildman–Crippen LogP) is 3.53. The Labute approximate surface area is 276 Å². The summed E-state index contributed by atoms with van der Waals surface area (Å²) in [5, 5.41) is 5.50. The SMILES string of the molecule is CC(=O)N(NCc1cccc(F)c1Cl)[C@@H](CCC(=O)N1CCN(CCOP(=O)(O)O)CC1)COC(=O)Nc1cc2ccccc2cn1. The smallest absolute Gasteiger partial charge is 0.447 e. The number of hydrazine groups is 1. The van der Waals surface area contributed by atoms with Crippen molar-refractivity contribution in [1.82, 2.24) is 25.2 Å². The van der Waals surface area contributed by atoms with Gasteiger partial charge in [-0.05, 0) is 29.5 Å². The van der Waals surface area contributed by atoms with Crippen LogP contribution in [0.2, 0.25) is 5.02 Å². The first-order valence-electron chi connectivity index (χ1n) is 14.8. The number of anilines is 1. The zero-order chi connectivity index (χ0) is 34.0. The van der Waals surface area contributed by atoms with Crippen molar-refractivity contribution in [2.45, 2.75) is 32.4 Å². The molecule has 0 radical (unpaired) electrons. The number of carbonyl (C=O) groups excluding carboxylic acids is 3. The average Bonchev–Trinajstić information content (AvgIpc) is 3.03. The second kappa shape index (κ2) is 16.9. The largest absolute Gasteiger partial charge is 0.469 e. The molecule has 0 spiro atoms. The van der Waals surface area contributed by atoms with Gasteiger partial charge in [-0.1, -0.05) is 48.0 Å². The fraction of sp³-hybridized carbons (Fsp3) is 0.400. The second-order valence-corrected chi connectivity index (χ2v) is 12.4. The van der Waals surface area contributed by atoms with Crippen LogP contribution in [-0.2, 0) is 30.0 Å². The highest BCUT2D eigenvalue weighted by molar-refractivity contribution is 7.46. The molecule has 1 aliphatic rings. The highest BCUT2D eigenvalue weighted by atomic mass is 35.5. The lowest BCUT2D eigenvalue weighted by Crippen LogP contribution is -2.52. The summed E-state index contributed by atoms with van der Waals surface area (Å²) in [5.74, 6) is -0.946. The summed E-state index contributed by atoms with van der Waals surface area (Å²) >= 11 is 6.10. The molecule has 1 saturated heterocycles. The van der Waals surface area contributed by atoms with Crippen LogP contribution in [0.25, 0.3) is 10.8 Å². The van der Waals surface area contributed by atoms with Crippen LogP contribution in [0.5, 0.6) is 0 Å². The van der Waals surface area contributed by atoms with Crippen LogP contribution in [0.1, 0.15) is 25.3 Å². The molecule has 17 heteroatoms. The number of benzene rings is 2. The molecule has 3 aromatic rings. The predicted molar refractivity (Wildman–Crippen MR) is 172 cm³/mol. The van der Waals surface area contributed by atoms with Gasteiger partial charge in [0.05, 0.1) is 17.7 Å². The maximum Gasteiger partial charge on any atom is 0.469 e. The molecule has 4 rings (SSSR count). The molecule has 47 heavy (non-hydrogen) atoms. The van der Waals surface area contributed by atoms with Gasteiger partial charge in [0.15, 0.2) is 0 Å². The monoisotopic (exact) mass is 694 g/mol. The number of amides is 3. The molecule has 14 nitrogen and oxygen atoms in total. The molecule has 1 aliphatic heterocycles. The molecule has 0 bridgehead atoms. The first-order valence-corrected chi connectivity index (χ1v) is 16.8. The number of aromatic nitrogens is 1. The number of pyridine rings is 1. The van der Waals surface area contributed by atoms with Gasteiger partial charge in [-0.2, -0.15) is 0 Å². The van der Waals surface area contributed by atoms with E-state index in [4.69, 9.17) is 26.1 Å². The van der Waals surface area contributed by atoms with Crippen LogP contribution < -0.4 is 10.7 Å². The maximum absolute atomic E-state index is 14.0. The summed E-state index contributed by atoms with van der Waals surface area (Å²) in [4.78, 5) is 64.2. The van der Waals surface area contributed by atoms with Gasteiger partial charge in [-0.15, -0.1) is 0 Å². The van der Waals surface area contributed by atoms with E-state index in [0.717, 1.165) is 10.8 Å². The van der Waals surface area contributed by atoms with Crippen molar-refractivity contribution in [2.75, 3.05) is 51.3 Å². The zero-order valence-corrected chi connectivity index (χ0v) is 27.3. The number of phosphoric acid groups is 1.